The summed E-state index contributed by atoms with van der Waals surface area (Å²) in [5.41, 5.74) is 2.03. The van der Waals surface area contributed by atoms with E-state index >= 15 is 0 Å². The molecule has 154 valence electrons. The number of halogens is 3. The first-order chi connectivity index (χ1) is 14.1. The molecule has 1 aromatic carbocycles. The van der Waals surface area contributed by atoms with Crippen molar-refractivity contribution < 1.29 is 9.18 Å². The van der Waals surface area contributed by atoms with E-state index in [1.807, 2.05) is 24.3 Å². The summed E-state index contributed by atoms with van der Waals surface area (Å²) in [6, 6.07) is 7.86. The van der Waals surface area contributed by atoms with Gasteiger partial charge in [-0.3, -0.25) is 4.79 Å². The van der Waals surface area contributed by atoms with Gasteiger partial charge in [0.05, 0.1) is 6.20 Å². The summed E-state index contributed by atoms with van der Waals surface area (Å²) in [4.78, 5) is 22.3. The number of allylic oxidation sites excluding steroid dienone is 1. The van der Waals surface area contributed by atoms with E-state index in [0.29, 0.717) is 24.4 Å². The molecule has 29 heavy (non-hydrogen) atoms. The highest BCUT2D eigenvalue weighted by Crippen LogP contribution is 2.21. The standard InChI is InChI=1S/C20H22BrFIN5O/c21-8-2-7-18(29)28-9-3-6-16(13-28)25-19-17(22)12-24-20(27-19)26-15-5-1-4-14(10-15)11-23/h1-2,4-5,7,10,12,16H,3,6,8-9,11,13H2,(H2,24,25,26,27)/b7-2+/t16-/m1/s1. The number of alkyl halides is 2. The fourth-order valence-corrected chi connectivity index (χ4v) is 3.79. The maximum Gasteiger partial charge on any atom is 0.246 e. The van der Waals surface area contributed by atoms with Crippen molar-refractivity contribution in [3.63, 3.8) is 0 Å². The van der Waals surface area contributed by atoms with Gasteiger partial charge in [-0.1, -0.05) is 56.7 Å². The first kappa shape index (κ1) is 21.9. The predicted molar refractivity (Wildman–Crippen MR) is 126 cm³/mol. The van der Waals surface area contributed by atoms with Crippen LogP contribution in [0.2, 0.25) is 0 Å². The molecule has 0 saturated carbocycles. The monoisotopic (exact) mass is 573 g/mol. The first-order valence-electron chi connectivity index (χ1n) is 9.31. The Labute approximate surface area is 191 Å². The summed E-state index contributed by atoms with van der Waals surface area (Å²) < 4.78 is 15.2. The molecule has 0 aliphatic carbocycles. The van der Waals surface area contributed by atoms with Gasteiger partial charge in [-0.05, 0) is 36.6 Å². The summed E-state index contributed by atoms with van der Waals surface area (Å²) in [6.07, 6.45) is 6.19. The van der Waals surface area contributed by atoms with Crippen molar-refractivity contribution in [1.82, 2.24) is 14.9 Å². The third-order valence-corrected chi connectivity index (χ3v) is 5.76. The molecule has 1 saturated heterocycles. The van der Waals surface area contributed by atoms with Gasteiger partial charge in [0, 0.05) is 34.6 Å². The van der Waals surface area contributed by atoms with E-state index in [2.05, 4.69) is 59.1 Å². The first-order valence-corrected chi connectivity index (χ1v) is 12.0. The number of carbonyl (C=O) groups is 1. The number of likely N-dealkylation sites (tertiary alicyclic amines) is 1. The van der Waals surface area contributed by atoms with E-state index in [0.717, 1.165) is 29.2 Å². The number of nitrogens with zero attached hydrogens (tertiary/aromatic N) is 3. The van der Waals surface area contributed by atoms with Gasteiger partial charge in [-0.2, -0.15) is 4.98 Å². The smallest absolute Gasteiger partial charge is 0.246 e. The Morgan fingerprint density at radius 3 is 3.10 bits per heavy atom. The van der Waals surface area contributed by atoms with E-state index in [-0.39, 0.29) is 17.8 Å². The normalized spacial score (nSPS) is 16.8. The summed E-state index contributed by atoms with van der Waals surface area (Å²) in [7, 11) is 0. The third-order valence-electron chi connectivity index (χ3n) is 4.50. The minimum absolute atomic E-state index is 0.0309. The number of rotatable bonds is 7. The molecule has 0 radical (unpaired) electrons. The van der Waals surface area contributed by atoms with Crippen molar-refractivity contribution in [3.05, 3.63) is 54.0 Å². The molecule has 1 aliphatic heterocycles. The van der Waals surface area contributed by atoms with Crippen molar-refractivity contribution in [1.29, 1.82) is 0 Å². The Bertz CT molecular complexity index is 882. The zero-order valence-corrected chi connectivity index (χ0v) is 19.5. The molecular formula is C20H22BrFIN5O. The van der Waals surface area contributed by atoms with Crippen LogP contribution in [-0.4, -0.2) is 45.2 Å². The molecule has 2 N–H and O–H groups in total. The van der Waals surface area contributed by atoms with E-state index in [1.54, 1.807) is 17.1 Å². The summed E-state index contributed by atoms with van der Waals surface area (Å²) in [5, 5.41) is 6.90. The molecule has 1 aromatic heterocycles. The topological polar surface area (TPSA) is 70.2 Å². The van der Waals surface area contributed by atoms with Crippen molar-refractivity contribution in [3.8, 4) is 0 Å². The van der Waals surface area contributed by atoms with Crippen LogP contribution in [0.5, 0.6) is 0 Å². The molecule has 1 atom stereocenters. The van der Waals surface area contributed by atoms with Crippen LogP contribution in [-0.2, 0) is 9.22 Å². The highest BCUT2D eigenvalue weighted by molar-refractivity contribution is 14.1. The summed E-state index contributed by atoms with van der Waals surface area (Å²) in [5.74, 6) is -0.0813. The van der Waals surface area contributed by atoms with E-state index < -0.39 is 5.82 Å². The van der Waals surface area contributed by atoms with Gasteiger partial charge in [0.25, 0.3) is 0 Å². The Morgan fingerprint density at radius 1 is 1.45 bits per heavy atom. The Hall–Kier alpha value is -1.75. The van der Waals surface area contributed by atoms with Crippen molar-refractivity contribution in [2.75, 3.05) is 29.1 Å². The van der Waals surface area contributed by atoms with Crippen LogP contribution in [0.1, 0.15) is 18.4 Å². The highest BCUT2D eigenvalue weighted by atomic mass is 127. The number of hydrogen-bond acceptors (Lipinski definition) is 5. The molecule has 3 rings (SSSR count). The number of aromatic nitrogens is 2. The molecule has 0 bridgehead atoms. The van der Waals surface area contributed by atoms with Crippen LogP contribution >= 0.6 is 38.5 Å². The minimum Gasteiger partial charge on any atom is -0.363 e. The number of carbonyl (C=O) groups excluding carboxylic acids is 1. The average molecular weight is 574 g/mol. The van der Waals surface area contributed by atoms with Crippen LogP contribution in [0.3, 0.4) is 0 Å². The maximum atomic E-state index is 14.3. The van der Waals surface area contributed by atoms with Gasteiger partial charge >= 0.3 is 0 Å². The number of piperidine rings is 1. The van der Waals surface area contributed by atoms with Gasteiger partial charge in [0.15, 0.2) is 11.6 Å². The molecule has 2 aromatic rings. The van der Waals surface area contributed by atoms with Gasteiger partial charge < -0.3 is 15.5 Å². The van der Waals surface area contributed by atoms with Gasteiger partial charge in [0.1, 0.15) is 0 Å². The van der Waals surface area contributed by atoms with Gasteiger partial charge in [0.2, 0.25) is 11.9 Å². The van der Waals surface area contributed by atoms with Crippen molar-refractivity contribution in [2.45, 2.75) is 23.3 Å². The van der Waals surface area contributed by atoms with E-state index in [1.165, 1.54) is 5.56 Å². The zero-order valence-electron chi connectivity index (χ0n) is 15.7. The Balaban J connectivity index is 1.68. The number of hydrogen-bond donors (Lipinski definition) is 2. The molecule has 6 nitrogen and oxygen atoms in total. The van der Waals surface area contributed by atoms with Gasteiger partial charge in [-0.15, -0.1) is 0 Å². The lowest BCUT2D eigenvalue weighted by Gasteiger charge is -2.32. The molecule has 1 aliphatic rings. The second kappa shape index (κ2) is 10.9. The van der Waals surface area contributed by atoms with Crippen LogP contribution < -0.4 is 10.6 Å². The average Bonchev–Trinajstić information content (AvgIpc) is 2.74. The quantitative estimate of drug-likeness (QED) is 0.287. The number of benzene rings is 1. The minimum atomic E-state index is -0.515. The van der Waals surface area contributed by atoms with Crippen LogP contribution in [0.4, 0.5) is 21.8 Å². The maximum absolute atomic E-state index is 14.3. The lowest BCUT2D eigenvalue weighted by molar-refractivity contribution is -0.127. The number of nitrogens with one attached hydrogen (secondary N) is 2. The van der Waals surface area contributed by atoms with Crippen molar-refractivity contribution in [2.24, 2.45) is 0 Å². The largest absolute Gasteiger partial charge is 0.363 e. The second-order valence-electron chi connectivity index (χ2n) is 6.67. The van der Waals surface area contributed by atoms with Crippen LogP contribution in [0, 0.1) is 5.82 Å². The van der Waals surface area contributed by atoms with E-state index in [4.69, 9.17) is 0 Å². The van der Waals surface area contributed by atoms with Gasteiger partial charge in [-0.25, -0.2) is 9.37 Å². The lowest BCUT2D eigenvalue weighted by Crippen LogP contribution is -2.44. The van der Waals surface area contributed by atoms with Crippen LogP contribution in [0.25, 0.3) is 0 Å². The fraction of sp³-hybridized carbons (Fsp3) is 0.350. The number of anilines is 3. The number of amides is 1. The summed E-state index contributed by atoms with van der Waals surface area (Å²) >= 11 is 5.57. The van der Waals surface area contributed by atoms with Crippen molar-refractivity contribution >= 4 is 61.9 Å². The second-order valence-corrected chi connectivity index (χ2v) is 8.08. The highest BCUT2D eigenvalue weighted by Gasteiger charge is 2.23. The predicted octanol–water partition coefficient (Wildman–Crippen LogP) is 4.65. The SMILES string of the molecule is O=C(/C=C/CBr)N1CCC[C@@H](Nc2nc(Nc3cccc(CI)c3)ncc2F)C1. The lowest BCUT2D eigenvalue weighted by atomic mass is 10.1. The summed E-state index contributed by atoms with van der Waals surface area (Å²) in [6.45, 7) is 1.21. The van der Waals surface area contributed by atoms with E-state index in [9.17, 15) is 9.18 Å². The molecule has 0 unspecified atom stereocenters. The van der Waals surface area contributed by atoms with Crippen LogP contribution in [0.15, 0.2) is 42.6 Å². The molecule has 2 heterocycles. The molecule has 1 fully saturated rings. The molecule has 9 heteroatoms. The molecular weight excluding hydrogens is 552 g/mol. The fourth-order valence-electron chi connectivity index (χ4n) is 3.13. The Morgan fingerprint density at radius 2 is 2.31 bits per heavy atom. The molecule has 1 amide bonds. The zero-order chi connectivity index (χ0) is 20.6. The Kier molecular flexibility index (Phi) is 8.22. The third kappa shape index (κ3) is 6.36. The molecule has 0 spiro atoms.